The van der Waals surface area contributed by atoms with E-state index in [-0.39, 0.29) is 23.6 Å². The third kappa shape index (κ3) is 3.71. The molecule has 2 heterocycles. The van der Waals surface area contributed by atoms with Crippen LogP contribution in [0.2, 0.25) is 0 Å². The Labute approximate surface area is 148 Å². The molecule has 9 heteroatoms. The number of pyridine rings is 1. The van der Waals surface area contributed by atoms with Gasteiger partial charge in [0.1, 0.15) is 12.4 Å². The highest BCUT2D eigenvalue weighted by Gasteiger charge is 2.20. The van der Waals surface area contributed by atoms with Crippen molar-refractivity contribution >= 4 is 17.9 Å². The van der Waals surface area contributed by atoms with E-state index in [1.54, 1.807) is 6.07 Å². The van der Waals surface area contributed by atoms with Crippen LogP contribution in [0, 0.1) is 11.6 Å². The Morgan fingerprint density at radius 2 is 2.08 bits per heavy atom. The number of guanidine groups is 1. The number of benzene rings is 1. The third-order valence-corrected chi connectivity index (χ3v) is 3.94. The van der Waals surface area contributed by atoms with Crippen LogP contribution in [0.4, 0.5) is 19.4 Å². The minimum atomic E-state index is -1.03. The van der Waals surface area contributed by atoms with Crippen LogP contribution < -0.4 is 16.4 Å². The van der Waals surface area contributed by atoms with Gasteiger partial charge in [-0.3, -0.25) is 0 Å². The van der Waals surface area contributed by atoms with E-state index in [0.29, 0.717) is 5.56 Å². The fourth-order valence-corrected chi connectivity index (χ4v) is 2.53. The maximum Gasteiger partial charge on any atom is 0.437 e. The zero-order valence-electron chi connectivity index (χ0n) is 13.8. The SMILES string of the molecule is NC(N)=NC(=O)OCc1cccc(-c2cnc(N3CCC3)c(F)c2)c1F. The summed E-state index contributed by atoms with van der Waals surface area (Å²) in [7, 11) is 0. The van der Waals surface area contributed by atoms with Crippen molar-refractivity contribution in [1.82, 2.24) is 4.98 Å². The number of anilines is 1. The number of nitrogens with two attached hydrogens (primary N) is 2. The number of rotatable bonds is 4. The predicted octanol–water partition coefficient (Wildman–Crippen LogP) is 2.15. The smallest absolute Gasteiger partial charge is 0.437 e. The van der Waals surface area contributed by atoms with E-state index in [1.165, 1.54) is 24.4 Å². The molecular weight excluding hydrogens is 344 g/mol. The first-order valence-electron chi connectivity index (χ1n) is 7.90. The molecule has 1 aromatic heterocycles. The van der Waals surface area contributed by atoms with Gasteiger partial charge in [-0.25, -0.2) is 18.6 Å². The molecule has 3 rings (SSSR count). The van der Waals surface area contributed by atoms with Crippen molar-refractivity contribution in [3.05, 3.63) is 47.7 Å². The van der Waals surface area contributed by atoms with Crippen LogP contribution in [-0.4, -0.2) is 30.1 Å². The Bertz CT molecular complexity index is 864. The van der Waals surface area contributed by atoms with E-state index in [2.05, 4.69) is 9.98 Å². The summed E-state index contributed by atoms with van der Waals surface area (Å²) in [5, 5.41) is 0. The molecule has 2 aromatic rings. The molecule has 1 aliphatic rings. The number of nitrogens with zero attached hydrogens (tertiary/aromatic N) is 3. The molecule has 0 spiro atoms. The highest BCUT2D eigenvalue weighted by Crippen LogP contribution is 2.29. The molecule has 0 saturated carbocycles. The third-order valence-electron chi connectivity index (χ3n) is 3.94. The molecular formula is C17H17F2N5O2. The summed E-state index contributed by atoms with van der Waals surface area (Å²) < 4.78 is 33.8. The molecule has 0 unspecified atom stereocenters. The van der Waals surface area contributed by atoms with Gasteiger partial charge in [0.15, 0.2) is 17.6 Å². The fourth-order valence-electron chi connectivity index (χ4n) is 2.53. The molecule has 26 heavy (non-hydrogen) atoms. The number of hydrogen-bond donors (Lipinski definition) is 2. The van der Waals surface area contributed by atoms with Crippen LogP contribution >= 0.6 is 0 Å². The second-order valence-electron chi connectivity index (χ2n) is 5.74. The van der Waals surface area contributed by atoms with E-state index >= 15 is 0 Å². The summed E-state index contributed by atoms with van der Waals surface area (Å²) in [5.74, 6) is -1.33. The van der Waals surface area contributed by atoms with Crippen LogP contribution in [0.1, 0.15) is 12.0 Å². The second-order valence-corrected chi connectivity index (χ2v) is 5.74. The first kappa shape index (κ1) is 17.6. The largest absolute Gasteiger partial charge is 0.443 e. The summed E-state index contributed by atoms with van der Waals surface area (Å²) in [4.78, 5) is 20.4. The van der Waals surface area contributed by atoms with Gasteiger partial charge in [-0.2, -0.15) is 0 Å². The van der Waals surface area contributed by atoms with Crippen molar-refractivity contribution in [1.29, 1.82) is 0 Å². The number of hydrogen-bond acceptors (Lipinski definition) is 4. The maximum atomic E-state index is 14.7. The minimum absolute atomic E-state index is 0.105. The second kappa shape index (κ2) is 7.34. The molecule has 4 N–H and O–H groups in total. The van der Waals surface area contributed by atoms with Gasteiger partial charge >= 0.3 is 6.09 Å². The number of carbonyl (C=O) groups is 1. The molecule has 1 fully saturated rings. The highest BCUT2D eigenvalue weighted by molar-refractivity contribution is 5.87. The summed E-state index contributed by atoms with van der Waals surface area (Å²) >= 11 is 0. The van der Waals surface area contributed by atoms with Crippen LogP contribution in [0.25, 0.3) is 11.1 Å². The Hall–Kier alpha value is -3.23. The lowest BCUT2D eigenvalue weighted by atomic mass is 10.0. The molecule has 0 aliphatic carbocycles. The monoisotopic (exact) mass is 361 g/mol. The number of aliphatic imine (C=N–C) groups is 1. The zero-order chi connectivity index (χ0) is 18.7. The van der Waals surface area contributed by atoms with Crippen LogP contribution in [-0.2, 0) is 11.3 Å². The molecule has 136 valence electrons. The van der Waals surface area contributed by atoms with Gasteiger partial charge in [0.25, 0.3) is 0 Å². The Morgan fingerprint density at radius 1 is 1.31 bits per heavy atom. The highest BCUT2D eigenvalue weighted by atomic mass is 19.1. The molecule has 1 saturated heterocycles. The molecule has 1 aliphatic heterocycles. The average Bonchev–Trinajstić information content (AvgIpc) is 2.53. The minimum Gasteiger partial charge on any atom is -0.443 e. The van der Waals surface area contributed by atoms with E-state index in [4.69, 9.17) is 16.2 Å². The van der Waals surface area contributed by atoms with E-state index in [1.807, 2.05) is 4.90 Å². The van der Waals surface area contributed by atoms with Gasteiger partial charge < -0.3 is 21.1 Å². The number of amides is 1. The number of ether oxygens (including phenoxy) is 1. The van der Waals surface area contributed by atoms with Gasteiger partial charge in [0.05, 0.1) is 0 Å². The van der Waals surface area contributed by atoms with E-state index in [0.717, 1.165) is 19.5 Å². The van der Waals surface area contributed by atoms with Crippen molar-refractivity contribution in [3.63, 3.8) is 0 Å². The summed E-state index contributed by atoms with van der Waals surface area (Å²) in [6.45, 7) is 1.15. The van der Waals surface area contributed by atoms with Crippen LogP contribution in [0.5, 0.6) is 0 Å². The van der Waals surface area contributed by atoms with Gasteiger partial charge in [0.2, 0.25) is 0 Å². The topological polar surface area (TPSA) is 107 Å². The van der Waals surface area contributed by atoms with Crippen molar-refractivity contribution in [2.45, 2.75) is 13.0 Å². The molecule has 7 nitrogen and oxygen atoms in total. The average molecular weight is 361 g/mol. The molecule has 1 amide bonds. The Balaban J connectivity index is 1.81. The standard InChI is InChI=1S/C17H17F2N5O2/c18-13-7-11(8-22-15(13)24-5-2-6-24)12-4-1-3-10(14(12)19)9-26-17(25)23-16(20)21/h1,3-4,7-8H,2,5-6,9H2,(H4,20,21,23,25). The summed E-state index contributed by atoms with van der Waals surface area (Å²) in [6.07, 6.45) is 1.39. The van der Waals surface area contributed by atoms with Gasteiger partial charge in [-0.05, 0) is 12.5 Å². The fraction of sp³-hybridized carbons (Fsp3) is 0.235. The van der Waals surface area contributed by atoms with Gasteiger partial charge in [-0.15, -0.1) is 4.99 Å². The summed E-state index contributed by atoms with van der Waals surface area (Å²) in [6, 6.07) is 5.76. The van der Waals surface area contributed by atoms with Crippen molar-refractivity contribution in [3.8, 4) is 11.1 Å². The van der Waals surface area contributed by atoms with Crippen molar-refractivity contribution < 1.29 is 18.3 Å². The van der Waals surface area contributed by atoms with E-state index < -0.39 is 23.7 Å². The summed E-state index contributed by atoms with van der Waals surface area (Å²) in [5.41, 5.74) is 10.7. The maximum absolute atomic E-state index is 14.7. The quantitative estimate of drug-likeness (QED) is 0.638. The molecule has 0 atom stereocenters. The van der Waals surface area contributed by atoms with E-state index in [9.17, 15) is 13.6 Å². The lowest BCUT2D eigenvalue weighted by Crippen LogP contribution is -2.38. The molecule has 0 radical (unpaired) electrons. The first-order valence-corrected chi connectivity index (χ1v) is 7.90. The van der Waals surface area contributed by atoms with Gasteiger partial charge in [0, 0.05) is 36.0 Å². The van der Waals surface area contributed by atoms with Crippen LogP contribution in [0.15, 0.2) is 35.5 Å². The normalized spacial score (nSPS) is 13.1. The van der Waals surface area contributed by atoms with Crippen LogP contribution in [0.3, 0.4) is 0 Å². The molecule has 0 bridgehead atoms. The number of halogens is 2. The Kier molecular flexibility index (Phi) is 4.97. The first-order chi connectivity index (χ1) is 12.5. The number of aromatic nitrogens is 1. The van der Waals surface area contributed by atoms with Crippen molar-refractivity contribution in [2.24, 2.45) is 16.5 Å². The zero-order valence-corrected chi connectivity index (χ0v) is 13.8. The number of carbonyl (C=O) groups excluding carboxylic acids is 1. The molecule has 1 aromatic carbocycles. The lowest BCUT2D eigenvalue weighted by Gasteiger charge is -2.32. The predicted molar refractivity (Wildman–Crippen MR) is 92.4 cm³/mol. The lowest BCUT2D eigenvalue weighted by molar-refractivity contribution is 0.149. The van der Waals surface area contributed by atoms with Gasteiger partial charge in [-0.1, -0.05) is 18.2 Å². The Morgan fingerprint density at radius 3 is 2.69 bits per heavy atom. The van der Waals surface area contributed by atoms with Crippen molar-refractivity contribution in [2.75, 3.05) is 18.0 Å².